The van der Waals surface area contributed by atoms with Crippen molar-refractivity contribution in [1.82, 2.24) is 0 Å². The highest BCUT2D eigenvalue weighted by atomic mass is 35.5. The average Bonchev–Trinajstić information content (AvgIpc) is 3.34. The number of benzene rings is 2. The predicted octanol–water partition coefficient (Wildman–Crippen LogP) is 7.29. The number of carbonyl (C=O) groups is 2. The Bertz CT molecular complexity index is 1370. The van der Waals surface area contributed by atoms with Crippen LogP contribution in [0.3, 0.4) is 0 Å². The van der Waals surface area contributed by atoms with Gasteiger partial charge in [0.2, 0.25) is 0 Å². The zero-order valence-electron chi connectivity index (χ0n) is 21.0. The van der Waals surface area contributed by atoms with Crippen molar-refractivity contribution in [1.29, 1.82) is 0 Å². The largest absolute Gasteiger partial charge is 0.322 e. The second-order valence-electron chi connectivity index (χ2n) is 10.5. The molecule has 0 fully saturated rings. The maximum atomic E-state index is 13.7. The third-order valence-corrected chi connectivity index (χ3v) is 8.63. The fraction of sp³-hybridized carbons (Fsp3) is 0.345. The molecule has 186 valence electrons. The molecule has 2 amide bonds. The number of likely N-dealkylation sites (N-methyl/N-ethyl adjacent to an activating group) is 1. The number of nitrogens with one attached hydrogen (secondary N) is 1. The van der Waals surface area contributed by atoms with Crippen LogP contribution in [0.5, 0.6) is 0 Å². The summed E-state index contributed by atoms with van der Waals surface area (Å²) in [7, 11) is 0. The molecular weight excluding hydrogens is 490 g/mol. The molecular formula is C29H30ClN3O2S. The Hall–Kier alpha value is -2.96. The summed E-state index contributed by atoms with van der Waals surface area (Å²) in [6.45, 7) is 9.35. The van der Waals surface area contributed by atoms with E-state index in [1.807, 2.05) is 31.2 Å². The lowest BCUT2D eigenvalue weighted by Gasteiger charge is -2.33. The van der Waals surface area contributed by atoms with E-state index in [4.69, 9.17) is 16.6 Å². The lowest BCUT2D eigenvalue weighted by molar-refractivity contribution is -0.112. The molecule has 1 N–H and O–H groups in total. The molecule has 0 radical (unpaired) electrons. The van der Waals surface area contributed by atoms with E-state index in [1.165, 1.54) is 4.88 Å². The normalized spacial score (nSPS) is 18.4. The van der Waals surface area contributed by atoms with Crippen LogP contribution in [0.25, 0.3) is 0 Å². The molecule has 0 bridgehead atoms. The number of thiophene rings is 1. The number of para-hydroxylation sites is 1. The molecule has 0 spiro atoms. The van der Waals surface area contributed by atoms with Gasteiger partial charge in [0, 0.05) is 27.7 Å². The van der Waals surface area contributed by atoms with Crippen molar-refractivity contribution in [3.8, 4) is 0 Å². The minimum atomic E-state index is -0.200. The summed E-state index contributed by atoms with van der Waals surface area (Å²) in [5.41, 5.74) is 4.59. The van der Waals surface area contributed by atoms with Crippen LogP contribution < -0.4 is 10.2 Å². The van der Waals surface area contributed by atoms with Crippen LogP contribution in [0.1, 0.15) is 60.5 Å². The van der Waals surface area contributed by atoms with Crippen LogP contribution in [-0.4, -0.2) is 24.1 Å². The highest BCUT2D eigenvalue weighted by molar-refractivity contribution is 7.16. The molecule has 1 atom stereocenters. The number of halogens is 1. The minimum Gasteiger partial charge on any atom is -0.322 e. The Kier molecular flexibility index (Phi) is 6.52. The summed E-state index contributed by atoms with van der Waals surface area (Å²) in [6, 6.07) is 14.8. The molecule has 2 aromatic carbocycles. The number of carbonyl (C=O) groups excluding carboxylic acids is 2. The number of anilines is 2. The molecule has 1 aromatic heterocycles. The monoisotopic (exact) mass is 519 g/mol. The number of hydrogen-bond donors (Lipinski definition) is 1. The Labute approximate surface area is 221 Å². The van der Waals surface area contributed by atoms with Gasteiger partial charge >= 0.3 is 0 Å². The van der Waals surface area contributed by atoms with Gasteiger partial charge in [-0.15, -0.1) is 11.3 Å². The van der Waals surface area contributed by atoms with Gasteiger partial charge in [-0.2, -0.15) is 0 Å². The number of rotatable bonds is 4. The van der Waals surface area contributed by atoms with Gasteiger partial charge in [0.05, 0.1) is 11.3 Å². The first kappa shape index (κ1) is 24.7. The second kappa shape index (κ2) is 9.49. The summed E-state index contributed by atoms with van der Waals surface area (Å²) in [5, 5.41) is 4.24. The third-order valence-electron chi connectivity index (χ3n) is 7.23. The van der Waals surface area contributed by atoms with Crippen molar-refractivity contribution in [2.24, 2.45) is 16.3 Å². The van der Waals surface area contributed by atoms with Gasteiger partial charge < -0.3 is 10.2 Å². The number of aliphatic imine (C=N–C) groups is 1. The Balaban J connectivity index is 1.60. The SMILES string of the molecule is CCN1C(=O)C(=Nc2sc3c(c2C(=O)Nc2ccc(Cl)cc2)CC[C@H](C(C)(C)C)C3)c2ccccc21. The summed E-state index contributed by atoms with van der Waals surface area (Å²) >= 11 is 7.58. The first-order valence-corrected chi connectivity index (χ1v) is 13.6. The van der Waals surface area contributed by atoms with Crippen LogP contribution in [0.4, 0.5) is 16.4 Å². The van der Waals surface area contributed by atoms with E-state index in [9.17, 15) is 9.59 Å². The molecule has 36 heavy (non-hydrogen) atoms. The second-order valence-corrected chi connectivity index (χ2v) is 12.0. The molecule has 5 nitrogen and oxygen atoms in total. The lowest BCUT2D eigenvalue weighted by Crippen LogP contribution is -2.29. The van der Waals surface area contributed by atoms with Crippen LogP contribution in [-0.2, 0) is 17.6 Å². The minimum absolute atomic E-state index is 0.123. The van der Waals surface area contributed by atoms with Crippen molar-refractivity contribution in [2.75, 3.05) is 16.8 Å². The van der Waals surface area contributed by atoms with E-state index >= 15 is 0 Å². The molecule has 5 rings (SSSR count). The van der Waals surface area contributed by atoms with E-state index in [2.05, 4.69) is 26.1 Å². The van der Waals surface area contributed by atoms with E-state index in [0.717, 1.165) is 36.1 Å². The summed E-state index contributed by atoms with van der Waals surface area (Å²) < 4.78 is 0. The molecule has 0 unspecified atom stereocenters. The van der Waals surface area contributed by atoms with Gasteiger partial charge in [-0.1, -0.05) is 50.6 Å². The van der Waals surface area contributed by atoms with Crippen molar-refractivity contribution >= 4 is 56.8 Å². The zero-order chi connectivity index (χ0) is 25.6. The number of hydrogen-bond acceptors (Lipinski definition) is 4. The lowest BCUT2D eigenvalue weighted by atomic mass is 9.72. The van der Waals surface area contributed by atoms with Gasteiger partial charge in [0.25, 0.3) is 11.8 Å². The van der Waals surface area contributed by atoms with Crippen molar-refractivity contribution in [3.63, 3.8) is 0 Å². The van der Waals surface area contributed by atoms with E-state index in [1.54, 1.807) is 40.5 Å². The number of fused-ring (bicyclic) bond motifs is 2. The van der Waals surface area contributed by atoms with Crippen LogP contribution in [0.15, 0.2) is 53.5 Å². The summed E-state index contributed by atoms with van der Waals surface area (Å²) in [6.07, 6.45) is 2.77. The first-order chi connectivity index (χ1) is 17.2. The van der Waals surface area contributed by atoms with Gasteiger partial charge in [0.1, 0.15) is 10.7 Å². The Morgan fingerprint density at radius 1 is 1.17 bits per heavy atom. The standard InChI is InChI=1S/C29H30ClN3O2S/c1-5-33-22-9-7-6-8-20(22)25(28(33)35)32-27-24(26(34)31-19-13-11-18(30)12-14-19)21-15-10-17(29(2,3)4)16-23(21)36-27/h6-9,11-14,17H,5,10,15-16H2,1-4H3,(H,31,34)/t17-/m0/s1. The maximum Gasteiger partial charge on any atom is 0.277 e. The fourth-order valence-corrected chi connectivity index (χ4v) is 6.56. The smallest absolute Gasteiger partial charge is 0.277 e. The van der Waals surface area contributed by atoms with Gasteiger partial charge in [-0.3, -0.25) is 9.59 Å². The summed E-state index contributed by atoms with van der Waals surface area (Å²) in [5.74, 6) is 0.205. The molecule has 3 aromatic rings. The molecule has 0 saturated carbocycles. The van der Waals surface area contributed by atoms with Crippen LogP contribution in [0.2, 0.25) is 5.02 Å². The maximum absolute atomic E-state index is 13.7. The fourth-order valence-electron chi connectivity index (χ4n) is 5.14. The highest BCUT2D eigenvalue weighted by Crippen LogP contribution is 2.46. The van der Waals surface area contributed by atoms with Crippen molar-refractivity contribution < 1.29 is 9.59 Å². The molecule has 1 aliphatic heterocycles. The molecule has 1 aliphatic carbocycles. The van der Waals surface area contributed by atoms with Crippen LogP contribution in [0, 0.1) is 11.3 Å². The highest BCUT2D eigenvalue weighted by Gasteiger charge is 2.36. The van der Waals surface area contributed by atoms with E-state index in [0.29, 0.717) is 39.4 Å². The van der Waals surface area contributed by atoms with Crippen molar-refractivity contribution in [3.05, 3.63) is 75.1 Å². The van der Waals surface area contributed by atoms with Gasteiger partial charge in [0.15, 0.2) is 0 Å². The molecule has 0 saturated heterocycles. The number of amides is 2. The zero-order valence-corrected chi connectivity index (χ0v) is 22.6. The Morgan fingerprint density at radius 3 is 2.58 bits per heavy atom. The molecule has 2 aliphatic rings. The first-order valence-electron chi connectivity index (χ1n) is 12.4. The van der Waals surface area contributed by atoms with Gasteiger partial charge in [-0.25, -0.2) is 4.99 Å². The number of nitrogens with zero attached hydrogens (tertiary/aromatic N) is 2. The molecule has 7 heteroatoms. The topological polar surface area (TPSA) is 61.8 Å². The summed E-state index contributed by atoms with van der Waals surface area (Å²) in [4.78, 5) is 34.8. The predicted molar refractivity (Wildman–Crippen MR) is 149 cm³/mol. The average molecular weight is 520 g/mol. The van der Waals surface area contributed by atoms with Crippen LogP contribution >= 0.6 is 22.9 Å². The molecule has 2 heterocycles. The Morgan fingerprint density at radius 2 is 1.89 bits per heavy atom. The third kappa shape index (κ3) is 4.48. The van der Waals surface area contributed by atoms with E-state index in [-0.39, 0.29) is 17.2 Å². The van der Waals surface area contributed by atoms with Gasteiger partial charge in [-0.05, 0) is 73.4 Å². The van der Waals surface area contributed by atoms with Crippen molar-refractivity contribution in [2.45, 2.75) is 47.0 Å². The quantitative estimate of drug-likeness (QED) is 0.393. The van der Waals surface area contributed by atoms with E-state index < -0.39 is 0 Å².